The number of rotatable bonds is 3. The van der Waals surface area contributed by atoms with E-state index in [0.29, 0.717) is 12.0 Å². The van der Waals surface area contributed by atoms with Gasteiger partial charge in [-0.2, -0.15) is 4.98 Å². The summed E-state index contributed by atoms with van der Waals surface area (Å²) in [6.45, 7) is 0. The van der Waals surface area contributed by atoms with Crippen molar-refractivity contribution in [1.29, 1.82) is 0 Å². The molecule has 0 spiro atoms. The predicted octanol–water partition coefficient (Wildman–Crippen LogP) is 2.65. The van der Waals surface area contributed by atoms with Gasteiger partial charge in [-0.1, -0.05) is 17.6 Å². The van der Waals surface area contributed by atoms with Gasteiger partial charge in [-0.15, -0.1) is 11.3 Å². The molecule has 2 atom stereocenters. The Balaban J connectivity index is 1.85. The van der Waals surface area contributed by atoms with E-state index in [4.69, 9.17) is 4.52 Å². The van der Waals surface area contributed by atoms with Gasteiger partial charge in [0.2, 0.25) is 11.7 Å². The first-order valence-electron chi connectivity index (χ1n) is 5.93. The van der Waals surface area contributed by atoms with E-state index in [1.54, 1.807) is 11.3 Å². The summed E-state index contributed by atoms with van der Waals surface area (Å²) in [6, 6.07) is 4.50. The van der Waals surface area contributed by atoms with Gasteiger partial charge >= 0.3 is 0 Å². The largest absolute Gasteiger partial charge is 0.339 e. The van der Waals surface area contributed by atoms with Gasteiger partial charge in [-0.05, 0) is 31.3 Å². The molecule has 1 N–H and O–H groups in total. The molecule has 5 heteroatoms. The predicted molar refractivity (Wildman–Crippen MR) is 67.1 cm³/mol. The average molecular weight is 249 g/mol. The van der Waals surface area contributed by atoms with Crippen molar-refractivity contribution in [3.8, 4) is 10.7 Å². The van der Waals surface area contributed by atoms with E-state index < -0.39 is 0 Å². The SMILES string of the molecule is CN[C@H]1CCC[C@H]1c1nc(-c2cccs2)no1. The third kappa shape index (κ3) is 2.00. The molecular weight excluding hydrogens is 234 g/mol. The van der Waals surface area contributed by atoms with Gasteiger partial charge in [0, 0.05) is 6.04 Å². The Morgan fingerprint density at radius 1 is 1.47 bits per heavy atom. The highest BCUT2D eigenvalue weighted by atomic mass is 32.1. The number of likely N-dealkylation sites (N-methyl/N-ethyl adjacent to an activating group) is 1. The Morgan fingerprint density at radius 3 is 3.18 bits per heavy atom. The van der Waals surface area contributed by atoms with Crippen molar-refractivity contribution in [1.82, 2.24) is 15.5 Å². The molecule has 0 aliphatic heterocycles. The van der Waals surface area contributed by atoms with Gasteiger partial charge < -0.3 is 9.84 Å². The number of hydrogen-bond acceptors (Lipinski definition) is 5. The summed E-state index contributed by atoms with van der Waals surface area (Å²) in [5, 5.41) is 9.42. The van der Waals surface area contributed by atoms with Crippen LogP contribution in [0.3, 0.4) is 0 Å². The topological polar surface area (TPSA) is 51.0 Å². The van der Waals surface area contributed by atoms with Crippen molar-refractivity contribution in [3.05, 3.63) is 23.4 Å². The molecule has 1 aliphatic carbocycles. The summed E-state index contributed by atoms with van der Waals surface area (Å²) in [5.41, 5.74) is 0. The highest BCUT2D eigenvalue weighted by molar-refractivity contribution is 7.13. The van der Waals surface area contributed by atoms with Crippen molar-refractivity contribution in [3.63, 3.8) is 0 Å². The molecule has 4 nitrogen and oxygen atoms in total. The molecule has 0 bridgehead atoms. The molecule has 1 saturated carbocycles. The Hall–Kier alpha value is -1.20. The molecule has 1 aliphatic rings. The fourth-order valence-corrected chi connectivity index (χ4v) is 3.14. The van der Waals surface area contributed by atoms with E-state index in [2.05, 4.69) is 15.5 Å². The van der Waals surface area contributed by atoms with Crippen LogP contribution < -0.4 is 5.32 Å². The fraction of sp³-hybridized carbons (Fsp3) is 0.500. The Kier molecular flexibility index (Phi) is 2.94. The maximum absolute atomic E-state index is 5.41. The van der Waals surface area contributed by atoms with Gasteiger partial charge in [0.25, 0.3) is 0 Å². The summed E-state index contributed by atoms with van der Waals surface area (Å²) in [7, 11) is 2.00. The van der Waals surface area contributed by atoms with E-state index in [1.807, 2.05) is 24.6 Å². The zero-order valence-electron chi connectivity index (χ0n) is 9.72. The molecule has 2 heterocycles. The fourth-order valence-electron chi connectivity index (χ4n) is 2.49. The lowest BCUT2D eigenvalue weighted by Gasteiger charge is -2.14. The number of aromatic nitrogens is 2. The van der Waals surface area contributed by atoms with Crippen LogP contribution in [0.4, 0.5) is 0 Å². The first-order valence-corrected chi connectivity index (χ1v) is 6.81. The van der Waals surface area contributed by atoms with Crippen molar-refractivity contribution in [2.75, 3.05) is 7.05 Å². The van der Waals surface area contributed by atoms with Gasteiger partial charge in [-0.3, -0.25) is 0 Å². The van der Waals surface area contributed by atoms with Crippen LogP contribution >= 0.6 is 11.3 Å². The van der Waals surface area contributed by atoms with Crippen LogP contribution in [-0.4, -0.2) is 23.2 Å². The quantitative estimate of drug-likeness (QED) is 0.908. The second-order valence-corrected chi connectivity index (χ2v) is 5.31. The normalized spacial score (nSPS) is 24.3. The second kappa shape index (κ2) is 4.58. The third-order valence-electron chi connectivity index (χ3n) is 3.39. The lowest BCUT2D eigenvalue weighted by atomic mass is 10.0. The molecule has 2 aromatic rings. The van der Waals surface area contributed by atoms with Crippen LogP contribution in [0.25, 0.3) is 10.7 Å². The first kappa shape index (κ1) is 10.9. The maximum Gasteiger partial charge on any atom is 0.231 e. The molecule has 0 saturated heterocycles. The maximum atomic E-state index is 5.41. The van der Waals surface area contributed by atoms with Crippen LogP contribution in [0.2, 0.25) is 0 Å². The molecule has 0 radical (unpaired) electrons. The summed E-state index contributed by atoms with van der Waals surface area (Å²) in [5.74, 6) is 1.88. The molecule has 0 unspecified atom stereocenters. The second-order valence-electron chi connectivity index (χ2n) is 4.37. The van der Waals surface area contributed by atoms with Crippen molar-refractivity contribution in [2.24, 2.45) is 0 Å². The van der Waals surface area contributed by atoms with Gasteiger partial charge in [0.05, 0.1) is 10.8 Å². The number of nitrogens with one attached hydrogen (secondary N) is 1. The highest BCUT2D eigenvalue weighted by Gasteiger charge is 2.31. The van der Waals surface area contributed by atoms with E-state index in [1.165, 1.54) is 12.8 Å². The molecule has 1 fully saturated rings. The van der Waals surface area contributed by atoms with E-state index in [0.717, 1.165) is 23.0 Å². The summed E-state index contributed by atoms with van der Waals surface area (Å²) >= 11 is 1.64. The van der Waals surface area contributed by atoms with Crippen molar-refractivity contribution >= 4 is 11.3 Å². The van der Waals surface area contributed by atoms with Crippen LogP contribution in [0.15, 0.2) is 22.0 Å². The minimum Gasteiger partial charge on any atom is -0.339 e. The zero-order valence-corrected chi connectivity index (χ0v) is 10.5. The number of nitrogens with zero attached hydrogens (tertiary/aromatic N) is 2. The van der Waals surface area contributed by atoms with E-state index in [9.17, 15) is 0 Å². The minimum absolute atomic E-state index is 0.376. The molecule has 90 valence electrons. The lowest BCUT2D eigenvalue weighted by molar-refractivity contribution is 0.335. The Morgan fingerprint density at radius 2 is 2.41 bits per heavy atom. The summed E-state index contributed by atoms with van der Waals surface area (Å²) < 4.78 is 5.41. The summed E-state index contributed by atoms with van der Waals surface area (Å²) in [6.07, 6.45) is 3.56. The third-order valence-corrected chi connectivity index (χ3v) is 4.25. The molecule has 0 aromatic carbocycles. The van der Waals surface area contributed by atoms with Gasteiger partial charge in [-0.25, -0.2) is 0 Å². The van der Waals surface area contributed by atoms with Gasteiger partial charge in [0.1, 0.15) is 0 Å². The van der Waals surface area contributed by atoms with Crippen molar-refractivity contribution in [2.45, 2.75) is 31.2 Å². The lowest BCUT2D eigenvalue weighted by Crippen LogP contribution is -2.27. The highest BCUT2D eigenvalue weighted by Crippen LogP contribution is 2.34. The molecule has 0 amide bonds. The molecular formula is C12H15N3OS. The summed E-state index contributed by atoms with van der Waals surface area (Å²) in [4.78, 5) is 5.59. The van der Waals surface area contributed by atoms with Crippen LogP contribution in [0.5, 0.6) is 0 Å². The van der Waals surface area contributed by atoms with E-state index >= 15 is 0 Å². The Labute approximate surface area is 104 Å². The first-order chi connectivity index (χ1) is 8.38. The van der Waals surface area contributed by atoms with Crippen LogP contribution in [0.1, 0.15) is 31.1 Å². The molecule has 2 aromatic heterocycles. The molecule has 3 rings (SSSR count). The smallest absolute Gasteiger partial charge is 0.231 e. The Bertz CT molecular complexity index is 480. The van der Waals surface area contributed by atoms with Gasteiger partial charge in [0.15, 0.2) is 0 Å². The number of thiophene rings is 1. The minimum atomic E-state index is 0.376. The van der Waals surface area contributed by atoms with E-state index in [-0.39, 0.29) is 0 Å². The molecule has 17 heavy (non-hydrogen) atoms. The standard InChI is InChI=1S/C12H15N3OS/c1-13-9-5-2-4-8(9)12-14-11(15-16-12)10-6-3-7-17-10/h3,6-9,13H,2,4-5H2,1H3/t8-,9+/m1/s1. The van der Waals surface area contributed by atoms with Crippen LogP contribution in [-0.2, 0) is 0 Å². The van der Waals surface area contributed by atoms with Crippen LogP contribution in [0, 0.1) is 0 Å². The van der Waals surface area contributed by atoms with Crippen molar-refractivity contribution < 1.29 is 4.52 Å². The number of hydrogen-bond donors (Lipinski definition) is 1. The monoisotopic (exact) mass is 249 g/mol. The zero-order chi connectivity index (χ0) is 11.7. The average Bonchev–Trinajstić information content (AvgIpc) is 3.09.